The fraction of sp³-hybridized carbons (Fsp3) is 0.273. The number of aliphatic hydroxyl groups excluding tert-OH is 1. The van der Waals surface area contributed by atoms with Crippen LogP contribution in [0.15, 0.2) is 12.1 Å². The van der Waals surface area contributed by atoms with Crippen LogP contribution < -0.4 is 4.74 Å². The van der Waals surface area contributed by atoms with Gasteiger partial charge in [0.25, 0.3) is 0 Å². The Morgan fingerprint density at radius 3 is 2.69 bits per heavy atom. The molecule has 1 aromatic rings. The van der Waals surface area contributed by atoms with E-state index in [2.05, 4.69) is 5.92 Å². The van der Waals surface area contributed by atoms with Gasteiger partial charge in [-0.25, -0.2) is 0 Å². The molecule has 0 spiro atoms. The summed E-state index contributed by atoms with van der Waals surface area (Å²) in [6, 6.07) is 3.61. The maximum Gasteiger partial charge on any atom is 0.123 e. The predicted molar refractivity (Wildman–Crippen MR) is 51.6 cm³/mol. The molecule has 1 N–H and O–H groups in total. The Kier molecular flexibility index (Phi) is 2.94. The van der Waals surface area contributed by atoms with Crippen molar-refractivity contribution in [1.29, 1.82) is 0 Å². The second-order valence-electron chi connectivity index (χ2n) is 2.78. The summed E-state index contributed by atoms with van der Waals surface area (Å²) in [4.78, 5) is 0. The Labute approximate surface area is 78.2 Å². The van der Waals surface area contributed by atoms with E-state index in [-0.39, 0.29) is 6.61 Å². The number of aryl methyl sites for hydroxylation is 1. The number of aliphatic hydroxyl groups is 1. The molecule has 0 aliphatic rings. The SMILES string of the molecule is C#Cc1cc(OC)c(C)cc1CO. The predicted octanol–water partition coefficient (Wildman–Crippen LogP) is 1.48. The third kappa shape index (κ3) is 1.82. The van der Waals surface area contributed by atoms with E-state index in [1.165, 1.54) is 0 Å². The highest BCUT2D eigenvalue weighted by atomic mass is 16.5. The molecule has 1 aromatic carbocycles. The molecular formula is C11H12O2. The normalized spacial score (nSPS) is 9.38. The lowest BCUT2D eigenvalue weighted by atomic mass is 10.0. The van der Waals surface area contributed by atoms with E-state index in [9.17, 15) is 0 Å². The molecule has 13 heavy (non-hydrogen) atoms. The number of methoxy groups -OCH3 is 1. The average molecular weight is 176 g/mol. The van der Waals surface area contributed by atoms with E-state index >= 15 is 0 Å². The summed E-state index contributed by atoms with van der Waals surface area (Å²) in [6.45, 7) is 1.88. The molecule has 0 bridgehead atoms. The Morgan fingerprint density at radius 1 is 1.54 bits per heavy atom. The summed E-state index contributed by atoms with van der Waals surface area (Å²) >= 11 is 0. The fourth-order valence-corrected chi connectivity index (χ4v) is 1.23. The topological polar surface area (TPSA) is 29.5 Å². The lowest BCUT2D eigenvalue weighted by molar-refractivity contribution is 0.281. The van der Waals surface area contributed by atoms with Gasteiger partial charge in [0.05, 0.1) is 13.7 Å². The number of rotatable bonds is 2. The number of benzene rings is 1. The summed E-state index contributed by atoms with van der Waals surface area (Å²) in [5, 5.41) is 9.00. The summed E-state index contributed by atoms with van der Waals surface area (Å²) in [5.74, 6) is 3.26. The van der Waals surface area contributed by atoms with Crippen molar-refractivity contribution in [2.45, 2.75) is 13.5 Å². The van der Waals surface area contributed by atoms with Crippen molar-refractivity contribution in [1.82, 2.24) is 0 Å². The minimum Gasteiger partial charge on any atom is -0.496 e. The average Bonchev–Trinajstić information content (AvgIpc) is 2.17. The van der Waals surface area contributed by atoms with Crippen LogP contribution in [0.4, 0.5) is 0 Å². The first-order chi connectivity index (χ1) is 6.22. The highest BCUT2D eigenvalue weighted by molar-refractivity contribution is 5.48. The molecule has 0 aliphatic carbocycles. The first-order valence-electron chi connectivity index (χ1n) is 3.98. The van der Waals surface area contributed by atoms with E-state index in [0.717, 1.165) is 16.9 Å². The van der Waals surface area contributed by atoms with E-state index in [0.29, 0.717) is 5.56 Å². The second kappa shape index (κ2) is 3.97. The molecule has 0 amide bonds. The molecule has 68 valence electrons. The molecule has 0 unspecified atom stereocenters. The van der Waals surface area contributed by atoms with Gasteiger partial charge in [0.1, 0.15) is 5.75 Å². The lowest BCUT2D eigenvalue weighted by Gasteiger charge is -2.08. The number of hydrogen-bond acceptors (Lipinski definition) is 2. The molecule has 0 radical (unpaired) electrons. The van der Waals surface area contributed by atoms with Gasteiger partial charge in [-0.2, -0.15) is 0 Å². The van der Waals surface area contributed by atoms with Crippen LogP contribution in [0.2, 0.25) is 0 Å². The van der Waals surface area contributed by atoms with Crippen molar-refractivity contribution in [3.05, 3.63) is 28.8 Å². The quantitative estimate of drug-likeness (QED) is 0.691. The molecule has 0 aromatic heterocycles. The molecule has 1 rings (SSSR count). The zero-order valence-corrected chi connectivity index (χ0v) is 7.79. The van der Waals surface area contributed by atoms with E-state index < -0.39 is 0 Å². The van der Waals surface area contributed by atoms with Gasteiger partial charge in [-0.1, -0.05) is 5.92 Å². The monoisotopic (exact) mass is 176 g/mol. The van der Waals surface area contributed by atoms with Gasteiger partial charge < -0.3 is 9.84 Å². The minimum absolute atomic E-state index is 0.0373. The van der Waals surface area contributed by atoms with Gasteiger partial charge >= 0.3 is 0 Å². The molecule has 0 heterocycles. The Balaban J connectivity index is 3.28. The zero-order valence-electron chi connectivity index (χ0n) is 7.79. The Morgan fingerprint density at radius 2 is 2.23 bits per heavy atom. The van der Waals surface area contributed by atoms with Crippen LogP contribution in [0.25, 0.3) is 0 Å². The highest BCUT2D eigenvalue weighted by Crippen LogP contribution is 2.22. The first-order valence-corrected chi connectivity index (χ1v) is 3.98. The maximum absolute atomic E-state index is 9.00. The number of ether oxygens (including phenoxy) is 1. The number of terminal acetylenes is 1. The molecule has 0 saturated carbocycles. The molecule has 0 saturated heterocycles. The van der Waals surface area contributed by atoms with Crippen LogP contribution >= 0.6 is 0 Å². The van der Waals surface area contributed by atoms with Crippen molar-refractivity contribution in [2.75, 3.05) is 7.11 Å². The van der Waals surface area contributed by atoms with Gasteiger partial charge in [-0.05, 0) is 30.2 Å². The summed E-state index contributed by atoms with van der Waals surface area (Å²) in [7, 11) is 1.60. The molecule has 0 aliphatic heterocycles. The van der Waals surface area contributed by atoms with Crippen LogP contribution in [-0.4, -0.2) is 12.2 Å². The minimum atomic E-state index is -0.0373. The largest absolute Gasteiger partial charge is 0.496 e. The molecule has 0 fully saturated rings. The van der Waals surface area contributed by atoms with Crippen LogP contribution in [0, 0.1) is 19.3 Å². The van der Waals surface area contributed by atoms with Gasteiger partial charge in [0, 0.05) is 5.56 Å². The standard InChI is InChI=1S/C11H12O2/c1-4-9-6-11(13-3)8(2)5-10(9)7-12/h1,5-6,12H,7H2,2-3H3. The maximum atomic E-state index is 9.00. The molecule has 2 heteroatoms. The van der Waals surface area contributed by atoms with Crippen molar-refractivity contribution in [3.8, 4) is 18.1 Å². The van der Waals surface area contributed by atoms with Gasteiger partial charge in [-0.15, -0.1) is 6.42 Å². The van der Waals surface area contributed by atoms with Crippen LogP contribution in [0.5, 0.6) is 5.75 Å². The van der Waals surface area contributed by atoms with Gasteiger partial charge in [-0.3, -0.25) is 0 Å². The van der Waals surface area contributed by atoms with Crippen LogP contribution in [0.3, 0.4) is 0 Å². The summed E-state index contributed by atoms with van der Waals surface area (Å²) in [6.07, 6.45) is 5.28. The van der Waals surface area contributed by atoms with Gasteiger partial charge in [0.15, 0.2) is 0 Å². The van der Waals surface area contributed by atoms with Crippen molar-refractivity contribution in [3.63, 3.8) is 0 Å². The molecule has 2 nitrogen and oxygen atoms in total. The Bertz CT molecular complexity index is 348. The molecule has 0 atom stereocenters. The van der Waals surface area contributed by atoms with Gasteiger partial charge in [0.2, 0.25) is 0 Å². The zero-order chi connectivity index (χ0) is 9.84. The van der Waals surface area contributed by atoms with Crippen molar-refractivity contribution in [2.24, 2.45) is 0 Å². The van der Waals surface area contributed by atoms with E-state index in [4.69, 9.17) is 16.3 Å². The summed E-state index contributed by atoms with van der Waals surface area (Å²) < 4.78 is 5.11. The van der Waals surface area contributed by atoms with Crippen LogP contribution in [-0.2, 0) is 6.61 Å². The summed E-state index contributed by atoms with van der Waals surface area (Å²) in [5.41, 5.74) is 2.43. The second-order valence-corrected chi connectivity index (χ2v) is 2.78. The fourth-order valence-electron chi connectivity index (χ4n) is 1.23. The van der Waals surface area contributed by atoms with Crippen LogP contribution in [0.1, 0.15) is 16.7 Å². The van der Waals surface area contributed by atoms with Crippen molar-refractivity contribution >= 4 is 0 Å². The smallest absolute Gasteiger partial charge is 0.123 e. The van der Waals surface area contributed by atoms with Crippen molar-refractivity contribution < 1.29 is 9.84 Å². The van der Waals surface area contributed by atoms with E-state index in [1.807, 2.05) is 13.0 Å². The van der Waals surface area contributed by atoms with E-state index in [1.54, 1.807) is 13.2 Å². The first kappa shape index (κ1) is 9.63. The Hall–Kier alpha value is -1.46. The third-order valence-corrected chi connectivity index (χ3v) is 1.95. The lowest BCUT2D eigenvalue weighted by Crippen LogP contribution is -1.94. The molecular weight excluding hydrogens is 164 g/mol. The number of hydrogen-bond donors (Lipinski definition) is 1. The highest BCUT2D eigenvalue weighted by Gasteiger charge is 2.04. The third-order valence-electron chi connectivity index (χ3n) is 1.95.